The lowest BCUT2D eigenvalue weighted by Gasteiger charge is -2.19. The number of aromatic nitrogens is 1. The number of anilines is 3. The maximum absolute atomic E-state index is 13.2. The van der Waals surface area contributed by atoms with Gasteiger partial charge in [0.15, 0.2) is 11.5 Å². The Morgan fingerprint density at radius 2 is 1.79 bits per heavy atom. The smallest absolute Gasteiger partial charge is 0.257 e. The van der Waals surface area contributed by atoms with E-state index < -0.39 is 5.82 Å². The second-order valence-corrected chi connectivity index (χ2v) is 6.41. The number of hydrogen-bond donors (Lipinski definition) is 2. The average molecular weight is 400 g/mol. The average Bonchev–Trinajstić information content (AvgIpc) is 2.71. The molecule has 0 aliphatic carbocycles. The highest BCUT2D eigenvalue weighted by atomic mass is 35.5. The largest absolute Gasteiger partial charge is 0.486 e. The van der Waals surface area contributed by atoms with Crippen molar-refractivity contribution in [2.75, 3.05) is 23.8 Å². The monoisotopic (exact) mass is 399 g/mol. The predicted molar refractivity (Wildman–Crippen MR) is 104 cm³/mol. The van der Waals surface area contributed by atoms with E-state index in [2.05, 4.69) is 15.6 Å². The van der Waals surface area contributed by atoms with Crippen molar-refractivity contribution in [3.8, 4) is 11.5 Å². The fourth-order valence-electron chi connectivity index (χ4n) is 2.65. The molecule has 0 radical (unpaired) electrons. The van der Waals surface area contributed by atoms with Gasteiger partial charge in [-0.3, -0.25) is 4.79 Å². The van der Waals surface area contributed by atoms with Crippen LogP contribution in [0.15, 0.2) is 54.7 Å². The Morgan fingerprint density at radius 3 is 2.54 bits per heavy atom. The first kappa shape index (κ1) is 18.1. The van der Waals surface area contributed by atoms with Gasteiger partial charge in [-0.05, 0) is 42.5 Å². The standard InChI is InChI=1S/C20H15ClFN3O3/c21-15-9-13(2-4-16(15)22)25-20(26)12-1-6-19(23-11-12)24-14-3-5-17-18(10-14)28-8-7-27-17/h1-6,9-11H,7-8H2,(H,23,24)(H,25,26). The van der Waals surface area contributed by atoms with Crippen LogP contribution in [0.4, 0.5) is 21.6 Å². The molecule has 1 aromatic heterocycles. The van der Waals surface area contributed by atoms with Crippen molar-refractivity contribution < 1.29 is 18.7 Å². The van der Waals surface area contributed by atoms with Gasteiger partial charge in [0.25, 0.3) is 5.91 Å². The Hall–Kier alpha value is -3.32. The summed E-state index contributed by atoms with van der Waals surface area (Å²) in [7, 11) is 0. The number of carbonyl (C=O) groups excluding carboxylic acids is 1. The minimum absolute atomic E-state index is 0.0603. The van der Waals surface area contributed by atoms with Gasteiger partial charge in [-0.25, -0.2) is 9.37 Å². The first-order valence-electron chi connectivity index (χ1n) is 8.47. The molecule has 1 amide bonds. The van der Waals surface area contributed by atoms with Crippen molar-refractivity contribution in [1.82, 2.24) is 4.98 Å². The number of benzene rings is 2. The highest BCUT2D eigenvalue weighted by molar-refractivity contribution is 6.31. The van der Waals surface area contributed by atoms with Crippen LogP contribution in [0.25, 0.3) is 0 Å². The van der Waals surface area contributed by atoms with Crippen LogP contribution < -0.4 is 20.1 Å². The molecule has 4 rings (SSSR count). The Morgan fingerprint density at radius 1 is 1.00 bits per heavy atom. The van der Waals surface area contributed by atoms with Crippen molar-refractivity contribution >= 4 is 34.7 Å². The summed E-state index contributed by atoms with van der Waals surface area (Å²) < 4.78 is 24.2. The van der Waals surface area contributed by atoms with E-state index in [1.165, 1.54) is 24.4 Å². The topological polar surface area (TPSA) is 72.5 Å². The van der Waals surface area contributed by atoms with Gasteiger partial charge in [-0.2, -0.15) is 0 Å². The molecule has 1 aliphatic rings. The van der Waals surface area contributed by atoms with E-state index in [4.69, 9.17) is 21.1 Å². The molecule has 2 N–H and O–H groups in total. The third-order valence-corrected chi connectivity index (χ3v) is 4.31. The van der Waals surface area contributed by atoms with E-state index >= 15 is 0 Å². The van der Waals surface area contributed by atoms with E-state index in [0.717, 1.165) is 5.69 Å². The molecule has 142 valence electrons. The van der Waals surface area contributed by atoms with Crippen LogP contribution in [0.2, 0.25) is 5.02 Å². The molecular formula is C20H15ClFN3O3. The van der Waals surface area contributed by atoms with Crippen LogP contribution in [-0.2, 0) is 0 Å². The first-order valence-corrected chi connectivity index (χ1v) is 8.85. The van der Waals surface area contributed by atoms with E-state index in [-0.39, 0.29) is 10.9 Å². The molecule has 0 atom stereocenters. The summed E-state index contributed by atoms with van der Waals surface area (Å²) in [5.41, 5.74) is 1.54. The molecule has 8 heteroatoms. The maximum atomic E-state index is 13.2. The minimum atomic E-state index is -0.545. The van der Waals surface area contributed by atoms with Crippen molar-refractivity contribution in [1.29, 1.82) is 0 Å². The molecule has 3 aromatic rings. The Bertz CT molecular complexity index is 1030. The number of pyridine rings is 1. The van der Waals surface area contributed by atoms with Gasteiger partial charge in [0.05, 0.1) is 10.6 Å². The van der Waals surface area contributed by atoms with E-state index in [1.807, 2.05) is 18.2 Å². The summed E-state index contributed by atoms with van der Waals surface area (Å²) in [5.74, 6) is 1.03. The van der Waals surface area contributed by atoms with Crippen LogP contribution in [0.3, 0.4) is 0 Å². The van der Waals surface area contributed by atoms with Crippen LogP contribution >= 0.6 is 11.6 Å². The molecule has 0 unspecified atom stereocenters. The van der Waals surface area contributed by atoms with E-state index in [0.29, 0.717) is 41.8 Å². The SMILES string of the molecule is O=C(Nc1ccc(F)c(Cl)c1)c1ccc(Nc2ccc3c(c2)OCCO3)nc1. The number of fused-ring (bicyclic) bond motifs is 1. The lowest BCUT2D eigenvalue weighted by atomic mass is 10.2. The zero-order valence-corrected chi connectivity index (χ0v) is 15.3. The lowest BCUT2D eigenvalue weighted by Crippen LogP contribution is -2.15. The second kappa shape index (κ2) is 7.74. The lowest BCUT2D eigenvalue weighted by molar-refractivity contribution is 0.102. The normalized spacial score (nSPS) is 12.4. The molecule has 6 nitrogen and oxygen atoms in total. The molecule has 0 spiro atoms. The van der Waals surface area contributed by atoms with Crippen molar-refractivity contribution in [2.45, 2.75) is 0 Å². The summed E-state index contributed by atoms with van der Waals surface area (Å²) in [6.45, 7) is 1.05. The molecule has 0 bridgehead atoms. The number of hydrogen-bond acceptors (Lipinski definition) is 5. The Balaban J connectivity index is 1.43. The highest BCUT2D eigenvalue weighted by Gasteiger charge is 2.12. The van der Waals surface area contributed by atoms with Gasteiger partial charge in [0.1, 0.15) is 24.8 Å². The van der Waals surface area contributed by atoms with Gasteiger partial charge in [-0.15, -0.1) is 0 Å². The summed E-state index contributed by atoms with van der Waals surface area (Å²) in [4.78, 5) is 16.6. The summed E-state index contributed by atoms with van der Waals surface area (Å²) in [5, 5.41) is 5.73. The summed E-state index contributed by atoms with van der Waals surface area (Å²) >= 11 is 5.72. The Kier molecular flexibility index (Phi) is 4.99. The first-order chi connectivity index (χ1) is 13.6. The van der Waals surface area contributed by atoms with E-state index in [9.17, 15) is 9.18 Å². The zero-order chi connectivity index (χ0) is 19.5. The quantitative estimate of drug-likeness (QED) is 0.668. The molecule has 0 saturated carbocycles. The number of nitrogens with one attached hydrogen (secondary N) is 2. The number of ether oxygens (including phenoxy) is 2. The van der Waals surface area contributed by atoms with Gasteiger partial charge in [0.2, 0.25) is 0 Å². The van der Waals surface area contributed by atoms with Crippen molar-refractivity contribution in [2.24, 2.45) is 0 Å². The van der Waals surface area contributed by atoms with E-state index in [1.54, 1.807) is 12.1 Å². The number of nitrogens with zero attached hydrogens (tertiary/aromatic N) is 1. The maximum Gasteiger partial charge on any atom is 0.257 e. The summed E-state index contributed by atoms with van der Waals surface area (Å²) in [6, 6.07) is 12.8. The third-order valence-electron chi connectivity index (χ3n) is 4.02. The molecule has 2 heterocycles. The van der Waals surface area contributed by atoms with Gasteiger partial charge >= 0.3 is 0 Å². The number of halogens is 2. The van der Waals surface area contributed by atoms with Crippen LogP contribution in [-0.4, -0.2) is 24.1 Å². The van der Waals surface area contributed by atoms with Gasteiger partial charge < -0.3 is 20.1 Å². The second-order valence-electron chi connectivity index (χ2n) is 6.00. The molecule has 0 fully saturated rings. The van der Waals surface area contributed by atoms with Crippen molar-refractivity contribution in [3.05, 3.63) is 71.1 Å². The highest BCUT2D eigenvalue weighted by Crippen LogP contribution is 2.33. The minimum Gasteiger partial charge on any atom is -0.486 e. The fraction of sp³-hybridized carbons (Fsp3) is 0.100. The number of carbonyl (C=O) groups is 1. The van der Waals surface area contributed by atoms with Gasteiger partial charge in [0, 0.05) is 23.6 Å². The van der Waals surface area contributed by atoms with Crippen LogP contribution in [0.5, 0.6) is 11.5 Å². The van der Waals surface area contributed by atoms with Crippen LogP contribution in [0.1, 0.15) is 10.4 Å². The number of amides is 1. The molecule has 0 saturated heterocycles. The molecule has 28 heavy (non-hydrogen) atoms. The fourth-order valence-corrected chi connectivity index (χ4v) is 2.83. The third kappa shape index (κ3) is 3.99. The zero-order valence-electron chi connectivity index (χ0n) is 14.5. The van der Waals surface area contributed by atoms with Crippen LogP contribution in [0, 0.1) is 5.82 Å². The summed E-state index contributed by atoms with van der Waals surface area (Å²) in [6.07, 6.45) is 1.45. The molecular weight excluding hydrogens is 385 g/mol. The Labute approximate surface area is 165 Å². The molecule has 2 aromatic carbocycles. The molecule has 1 aliphatic heterocycles. The van der Waals surface area contributed by atoms with Gasteiger partial charge in [-0.1, -0.05) is 11.6 Å². The van der Waals surface area contributed by atoms with Crippen molar-refractivity contribution in [3.63, 3.8) is 0 Å². The number of rotatable bonds is 4. The predicted octanol–water partition coefficient (Wildman–Crippen LogP) is 4.64.